The zero-order valence-electron chi connectivity index (χ0n) is 17.2. The van der Waals surface area contributed by atoms with E-state index in [0.717, 1.165) is 0 Å². The second-order valence-corrected chi connectivity index (χ2v) is 7.55. The van der Waals surface area contributed by atoms with Crippen LogP contribution in [0, 0.1) is 11.3 Å². The first-order chi connectivity index (χ1) is 15.3. The molecule has 2 fully saturated rings. The normalized spacial score (nSPS) is 20.0. The number of hydrogen-bond donors (Lipinski definition) is 2. The largest absolute Gasteiger partial charge is 0.484 e. The minimum absolute atomic E-state index is 0.149. The van der Waals surface area contributed by atoms with Crippen molar-refractivity contribution in [2.45, 2.75) is 37.8 Å². The molecule has 0 aromatic heterocycles. The first-order valence-electron chi connectivity index (χ1n) is 10.2. The van der Waals surface area contributed by atoms with Crippen molar-refractivity contribution >= 4 is 23.8 Å². The van der Waals surface area contributed by atoms with Crippen molar-refractivity contribution in [1.29, 1.82) is 5.26 Å². The van der Waals surface area contributed by atoms with E-state index in [0.29, 0.717) is 38.8 Å². The Morgan fingerprint density at radius 3 is 1.69 bits per heavy atom. The van der Waals surface area contributed by atoms with E-state index in [-0.39, 0.29) is 17.1 Å². The van der Waals surface area contributed by atoms with Gasteiger partial charge in [-0.3, -0.25) is 9.59 Å². The van der Waals surface area contributed by atoms with E-state index in [1.807, 2.05) is 6.07 Å². The average Bonchev–Trinajstić information content (AvgIpc) is 3.45. The molecule has 11 heteroatoms. The Hall–Kier alpha value is -3.81. The van der Waals surface area contributed by atoms with Gasteiger partial charge in [0, 0.05) is 19.2 Å². The van der Waals surface area contributed by atoms with E-state index >= 15 is 0 Å². The highest BCUT2D eigenvalue weighted by molar-refractivity contribution is 5.85. The molecule has 11 nitrogen and oxygen atoms in total. The van der Waals surface area contributed by atoms with Crippen LogP contribution in [0.3, 0.4) is 0 Å². The zero-order valence-corrected chi connectivity index (χ0v) is 17.2. The predicted octanol–water partition coefficient (Wildman–Crippen LogP) is 0.467. The van der Waals surface area contributed by atoms with Crippen molar-refractivity contribution in [3.63, 3.8) is 0 Å². The van der Waals surface area contributed by atoms with Gasteiger partial charge in [0.2, 0.25) is 0 Å². The lowest BCUT2D eigenvalue weighted by Crippen LogP contribution is -2.42. The lowest BCUT2D eigenvalue weighted by atomic mass is 10.2. The quantitative estimate of drug-likeness (QED) is 0.580. The first kappa shape index (κ1) is 22.9. The Morgan fingerprint density at radius 1 is 0.875 bits per heavy atom. The highest BCUT2D eigenvalue weighted by atomic mass is 16.5. The molecule has 2 N–H and O–H groups in total. The van der Waals surface area contributed by atoms with Crippen molar-refractivity contribution in [1.82, 2.24) is 9.80 Å². The highest BCUT2D eigenvalue weighted by Crippen LogP contribution is 2.24. The van der Waals surface area contributed by atoms with Crippen LogP contribution in [-0.4, -0.2) is 82.2 Å². The number of carbonyl (C=O) groups is 4. The monoisotopic (exact) mass is 445 g/mol. The van der Waals surface area contributed by atoms with Crippen molar-refractivity contribution in [2.24, 2.45) is 0 Å². The molecule has 0 bridgehead atoms. The number of ether oxygens (including phenoxy) is 2. The summed E-state index contributed by atoms with van der Waals surface area (Å²) < 4.78 is 10.9. The number of likely N-dealkylation sites (tertiary alicyclic amines) is 2. The molecular formula is C21H23N3O8. The van der Waals surface area contributed by atoms with Gasteiger partial charge in [0.15, 0.2) is 13.2 Å². The number of carboxylic acids is 2. The minimum Gasteiger partial charge on any atom is -0.484 e. The van der Waals surface area contributed by atoms with Crippen LogP contribution in [0.2, 0.25) is 0 Å². The summed E-state index contributed by atoms with van der Waals surface area (Å²) in [6, 6.07) is 4.37. The SMILES string of the molecule is N#Cc1cc(OCC(=O)N2CCC[C@@H]2C(=O)O)cc(OCC(=O)N2CCC[C@@H]2C(=O)O)c1. The summed E-state index contributed by atoms with van der Waals surface area (Å²) in [4.78, 5) is 49.7. The Balaban J connectivity index is 1.61. The lowest BCUT2D eigenvalue weighted by molar-refractivity contribution is -0.149. The molecule has 2 aliphatic heterocycles. The Morgan fingerprint density at radius 2 is 1.31 bits per heavy atom. The Labute approximate surface area is 183 Å². The maximum atomic E-state index is 12.4. The molecule has 1 aromatic carbocycles. The number of aliphatic carboxylic acids is 2. The molecule has 0 saturated carbocycles. The number of nitriles is 1. The highest BCUT2D eigenvalue weighted by Gasteiger charge is 2.35. The molecule has 2 aliphatic rings. The molecule has 1 aromatic rings. The van der Waals surface area contributed by atoms with Crippen molar-refractivity contribution < 1.29 is 38.9 Å². The van der Waals surface area contributed by atoms with Gasteiger partial charge in [-0.1, -0.05) is 0 Å². The van der Waals surface area contributed by atoms with Crippen LogP contribution in [0.15, 0.2) is 18.2 Å². The van der Waals surface area contributed by atoms with Crippen LogP contribution in [0.4, 0.5) is 0 Å². The standard InChI is InChI=1S/C21H23N3O8/c22-10-13-7-14(31-11-18(25)23-5-1-3-16(23)20(27)28)9-15(8-13)32-12-19(26)24-6-2-4-17(24)21(29)30/h7-9,16-17H,1-6,11-12H2,(H,27,28)(H,29,30)/t16-,17-/m1/s1. The van der Waals surface area contributed by atoms with E-state index in [4.69, 9.17) is 9.47 Å². The predicted molar refractivity (Wildman–Crippen MR) is 107 cm³/mol. The molecule has 0 aliphatic carbocycles. The molecule has 2 atom stereocenters. The van der Waals surface area contributed by atoms with Crippen LogP contribution in [0.1, 0.15) is 31.2 Å². The van der Waals surface area contributed by atoms with Gasteiger partial charge in [0.1, 0.15) is 23.6 Å². The van der Waals surface area contributed by atoms with Crippen LogP contribution in [0.5, 0.6) is 11.5 Å². The minimum atomic E-state index is -1.06. The van der Waals surface area contributed by atoms with Gasteiger partial charge >= 0.3 is 11.9 Å². The summed E-state index contributed by atoms with van der Waals surface area (Å²) >= 11 is 0. The van der Waals surface area contributed by atoms with Crippen molar-refractivity contribution in [3.8, 4) is 17.6 Å². The van der Waals surface area contributed by atoms with E-state index in [9.17, 15) is 34.7 Å². The van der Waals surface area contributed by atoms with E-state index in [1.165, 1.54) is 28.0 Å². The fourth-order valence-electron chi connectivity index (χ4n) is 3.90. The fraction of sp³-hybridized carbons (Fsp3) is 0.476. The number of carbonyl (C=O) groups excluding carboxylic acids is 2. The number of nitrogens with zero attached hydrogens (tertiary/aromatic N) is 3. The van der Waals surface area contributed by atoms with Crippen molar-refractivity contribution in [3.05, 3.63) is 23.8 Å². The summed E-state index contributed by atoms with van der Waals surface area (Å²) in [5.74, 6) is -2.80. The summed E-state index contributed by atoms with van der Waals surface area (Å²) in [5, 5.41) is 27.6. The summed E-state index contributed by atoms with van der Waals surface area (Å²) in [6.07, 6.45) is 1.96. The second kappa shape index (κ2) is 10.00. The topological polar surface area (TPSA) is 157 Å². The maximum Gasteiger partial charge on any atom is 0.326 e. The van der Waals surface area contributed by atoms with E-state index in [1.54, 1.807) is 0 Å². The van der Waals surface area contributed by atoms with Gasteiger partial charge < -0.3 is 29.5 Å². The van der Waals surface area contributed by atoms with Gasteiger partial charge in [-0.2, -0.15) is 5.26 Å². The zero-order chi connectivity index (χ0) is 23.3. The smallest absolute Gasteiger partial charge is 0.326 e. The third kappa shape index (κ3) is 5.26. The number of hydrogen-bond acceptors (Lipinski definition) is 7. The van der Waals surface area contributed by atoms with Crippen LogP contribution >= 0.6 is 0 Å². The molecule has 2 amide bonds. The van der Waals surface area contributed by atoms with Crippen LogP contribution in [-0.2, 0) is 19.2 Å². The Bertz CT molecular complexity index is 891. The van der Waals surface area contributed by atoms with Crippen molar-refractivity contribution in [2.75, 3.05) is 26.3 Å². The first-order valence-corrected chi connectivity index (χ1v) is 10.2. The van der Waals surface area contributed by atoms with Gasteiger partial charge in [-0.15, -0.1) is 0 Å². The second-order valence-electron chi connectivity index (χ2n) is 7.55. The molecule has 3 rings (SSSR count). The molecular weight excluding hydrogens is 422 g/mol. The summed E-state index contributed by atoms with van der Waals surface area (Å²) in [5.41, 5.74) is 0.173. The van der Waals surface area contributed by atoms with E-state index in [2.05, 4.69) is 0 Å². The van der Waals surface area contributed by atoms with Gasteiger partial charge in [-0.25, -0.2) is 9.59 Å². The Kier molecular flexibility index (Phi) is 7.14. The molecule has 2 saturated heterocycles. The molecule has 2 heterocycles. The maximum absolute atomic E-state index is 12.4. The van der Waals surface area contributed by atoms with Crippen LogP contribution in [0.25, 0.3) is 0 Å². The van der Waals surface area contributed by atoms with Crippen LogP contribution < -0.4 is 9.47 Å². The lowest BCUT2D eigenvalue weighted by Gasteiger charge is -2.22. The number of benzene rings is 1. The number of carboxylic acid groups (broad SMARTS) is 2. The summed E-state index contributed by atoms with van der Waals surface area (Å²) in [7, 11) is 0. The molecule has 0 radical (unpaired) electrons. The number of amides is 2. The molecule has 32 heavy (non-hydrogen) atoms. The van der Waals surface area contributed by atoms with E-state index < -0.39 is 49.1 Å². The number of rotatable bonds is 8. The molecule has 170 valence electrons. The molecule has 0 unspecified atom stereocenters. The third-order valence-corrected chi connectivity index (χ3v) is 5.45. The third-order valence-electron chi connectivity index (χ3n) is 5.45. The summed E-state index contributed by atoms with van der Waals surface area (Å²) in [6.45, 7) is -0.153. The fourth-order valence-corrected chi connectivity index (χ4v) is 3.90. The van der Waals surface area contributed by atoms with Gasteiger partial charge in [0.05, 0.1) is 11.6 Å². The molecule has 0 spiro atoms. The van der Waals surface area contributed by atoms with Gasteiger partial charge in [-0.05, 0) is 37.8 Å². The van der Waals surface area contributed by atoms with Gasteiger partial charge in [0.25, 0.3) is 11.8 Å². The average molecular weight is 445 g/mol.